The zero-order valence-corrected chi connectivity index (χ0v) is 11.8. The minimum absolute atomic E-state index is 0.0978. The van der Waals surface area contributed by atoms with Crippen LogP contribution in [-0.4, -0.2) is 23.1 Å². The lowest BCUT2D eigenvalue weighted by molar-refractivity contribution is 0.0697. The molecule has 1 aromatic carbocycles. The van der Waals surface area contributed by atoms with E-state index in [1.807, 2.05) is 6.92 Å². The van der Waals surface area contributed by atoms with Crippen LogP contribution in [-0.2, 0) is 0 Å². The first-order valence-corrected chi connectivity index (χ1v) is 6.87. The number of benzene rings is 1. The molecule has 108 valence electrons. The number of carbonyl (C=O) groups excluding carboxylic acids is 1. The first kappa shape index (κ1) is 14.4. The van der Waals surface area contributed by atoms with Crippen LogP contribution in [0, 0.1) is 12.8 Å². The van der Waals surface area contributed by atoms with E-state index in [0.29, 0.717) is 11.3 Å². The number of hydrogen-bond acceptors (Lipinski definition) is 2. The van der Waals surface area contributed by atoms with Gasteiger partial charge in [-0.2, -0.15) is 0 Å². The van der Waals surface area contributed by atoms with Gasteiger partial charge in [-0.1, -0.05) is 25.0 Å². The monoisotopic (exact) mass is 276 g/mol. The molecule has 0 aromatic heterocycles. The average Bonchev–Trinajstić information content (AvgIpc) is 3.11. The fraction of sp³-hybridized carbons (Fsp3) is 0.467. The Morgan fingerprint density at radius 2 is 2.10 bits per heavy atom. The molecule has 0 saturated heterocycles. The van der Waals surface area contributed by atoms with Crippen LogP contribution < -0.4 is 10.6 Å². The van der Waals surface area contributed by atoms with E-state index in [9.17, 15) is 14.7 Å². The highest BCUT2D eigenvalue weighted by Crippen LogP contribution is 2.33. The van der Waals surface area contributed by atoms with Gasteiger partial charge in [-0.15, -0.1) is 0 Å². The third-order valence-corrected chi connectivity index (χ3v) is 3.50. The van der Waals surface area contributed by atoms with Crippen molar-refractivity contribution in [1.82, 2.24) is 5.32 Å². The van der Waals surface area contributed by atoms with E-state index in [4.69, 9.17) is 0 Å². The molecule has 0 heterocycles. The zero-order chi connectivity index (χ0) is 14.7. The quantitative estimate of drug-likeness (QED) is 0.773. The van der Waals surface area contributed by atoms with Gasteiger partial charge in [-0.3, -0.25) is 0 Å². The Morgan fingerprint density at radius 1 is 1.40 bits per heavy atom. The van der Waals surface area contributed by atoms with Crippen molar-refractivity contribution in [3.8, 4) is 0 Å². The first-order chi connectivity index (χ1) is 9.47. The number of carboxylic acid groups (broad SMARTS) is 1. The SMILES string of the molecule is Cc1cccc(NC(=O)NC(C)CC2CC2)c1C(=O)O. The zero-order valence-electron chi connectivity index (χ0n) is 11.8. The largest absolute Gasteiger partial charge is 0.478 e. The maximum Gasteiger partial charge on any atom is 0.338 e. The van der Waals surface area contributed by atoms with Gasteiger partial charge in [0.05, 0.1) is 11.3 Å². The summed E-state index contributed by atoms with van der Waals surface area (Å²) in [5, 5.41) is 14.7. The molecule has 0 aliphatic heterocycles. The lowest BCUT2D eigenvalue weighted by atomic mass is 10.1. The van der Waals surface area contributed by atoms with Crippen molar-refractivity contribution >= 4 is 17.7 Å². The van der Waals surface area contributed by atoms with Crippen LogP contribution in [0.2, 0.25) is 0 Å². The molecule has 0 bridgehead atoms. The summed E-state index contributed by atoms with van der Waals surface area (Å²) < 4.78 is 0. The van der Waals surface area contributed by atoms with Crippen molar-refractivity contribution in [2.45, 2.75) is 39.2 Å². The van der Waals surface area contributed by atoms with Gasteiger partial charge in [-0.05, 0) is 37.8 Å². The number of hydrogen-bond donors (Lipinski definition) is 3. The minimum atomic E-state index is -1.04. The molecule has 2 amide bonds. The van der Waals surface area contributed by atoms with Crippen molar-refractivity contribution in [2.24, 2.45) is 5.92 Å². The Labute approximate surface area is 118 Å². The number of carboxylic acids is 1. The van der Waals surface area contributed by atoms with Gasteiger partial charge in [0.1, 0.15) is 0 Å². The Hall–Kier alpha value is -2.04. The molecule has 1 aromatic rings. The van der Waals surface area contributed by atoms with Gasteiger partial charge in [0.25, 0.3) is 0 Å². The van der Waals surface area contributed by atoms with E-state index in [0.717, 1.165) is 12.3 Å². The van der Waals surface area contributed by atoms with Crippen LogP contribution in [0.4, 0.5) is 10.5 Å². The normalized spacial score (nSPS) is 15.5. The predicted molar refractivity (Wildman–Crippen MR) is 77.1 cm³/mol. The number of aromatic carboxylic acids is 1. The highest BCUT2D eigenvalue weighted by molar-refractivity contribution is 6.01. The predicted octanol–water partition coefficient (Wildman–Crippen LogP) is 3.00. The smallest absolute Gasteiger partial charge is 0.338 e. The van der Waals surface area contributed by atoms with Gasteiger partial charge in [0.2, 0.25) is 0 Å². The highest BCUT2D eigenvalue weighted by Gasteiger charge is 2.24. The third-order valence-electron chi connectivity index (χ3n) is 3.50. The first-order valence-electron chi connectivity index (χ1n) is 6.87. The van der Waals surface area contributed by atoms with E-state index >= 15 is 0 Å². The van der Waals surface area contributed by atoms with Gasteiger partial charge in [0.15, 0.2) is 0 Å². The van der Waals surface area contributed by atoms with Crippen LogP contribution in [0.3, 0.4) is 0 Å². The lowest BCUT2D eigenvalue weighted by Gasteiger charge is -2.15. The topological polar surface area (TPSA) is 78.4 Å². The maximum absolute atomic E-state index is 11.9. The summed E-state index contributed by atoms with van der Waals surface area (Å²) in [5.74, 6) is -0.303. The number of amides is 2. The van der Waals surface area contributed by atoms with Crippen LogP contribution in [0.1, 0.15) is 42.1 Å². The summed E-state index contributed by atoms with van der Waals surface area (Å²) in [6.07, 6.45) is 3.47. The number of carbonyl (C=O) groups is 2. The summed E-state index contributed by atoms with van der Waals surface area (Å²) in [7, 11) is 0. The Morgan fingerprint density at radius 3 is 2.70 bits per heavy atom. The Bertz CT molecular complexity index is 524. The second kappa shape index (κ2) is 5.94. The lowest BCUT2D eigenvalue weighted by Crippen LogP contribution is -2.36. The fourth-order valence-corrected chi connectivity index (χ4v) is 2.35. The molecule has 1 unspecified atom stereocenters. The van der Waals surface area contributed by atoms with Crippen LogP contribution in [0.5, 0.6) is 0 Å². The molecule has 5 nitrogen and oxygen atoms in total. The molecule has 1 aliphatic carbocycles. The van der Waals surface area contributed by atoms with Gasteiger partial charge < -0.3 is 15.7 Å². The van der Waals surface area contributed by atoms with E-state index in [2.05, 4.69) is 10.6 Å². The number of aryl methyl sites for hydroxylation is 1. The molecule has 1 aliphatic rings. The second-order valence-corrected chi connectivity index (χ2v) is 5.48. The van der Waals surface area contributed by atoms with E-state index < -0.39 is 5.97 Å². The molecule has 3 N–H and O–H groups in total. The number of nitrogens with one attached hydrogen (secondary N) is 2. The Balaban J connectivity index is 1.99. The summed E-state index contributed by atoms with van der Waals surface area (Å²) in [6, 6.07) is 4.78. The van der Waals surface area contributed by atoms with Crippen molar-refractivity contribution < 1.29 is 14.7 Å². The fourth-order valence-electron chi connectivity index (χ4n) is 2.35. The molecule has 0 spiro atoms. The van der Waals surface area contributed by atoms with Crippen LogP contribution in [0.15, 0.2) is 18.2 Å². The standard InChI is InChI=1S/C15H20N2O3/c1-9-4-3-5-12(13(9)14(18)19)17-15(20)16-10(2)8-11-6-7-11/h3-5,10-11H,6-8H2,1-2H3,(H,18,19)(H2,16,17,20). The second-order valence-electron chi connectivity index (χ2n) is 5.48. The van der Waals surface area contributed by atoms with Crippen molar-refractivity contribution in [3.63, 3.8) is 0 Å². The number of rotatable bonds is 5. The van der Waals surface area contributed by atoms with E-state index in [1.54, 1.807) is 25.1 Å². The highest BCUT2D eigenvalue weighted by atomic mass is 16.4. The molecular formula is C15H20N2O3. The molecule has 1 atom stereocenters. The molecule has 20 heavy (non-hydrogen) atoms. The average molecular weight is 276 g/mol. The summed E-state index contributed by atoms with van der Waals surface area (Å²) in [4.78, 5) is 23.1. The third kappa shape index (κ3) is 3.73. The number of anilines is 1. The minimum Gasteiger partial charge on any atom is -0.478 e. The molecule has 0 radical (unpaired) electrons. The van der Waals surface area contributed by atoms with E-state index in [-0.39, 0.29) is 17.6 Å². The Kier molecular flexibility index (Phi) is 4.27. The summed E-state index contributed by atoms with van der Waals surface area (Å²) >= 11 is 0. The molecule has 1 saturated carbocycles. The summed E-state index contributed by atoms with van der Waals surface area (Å²) in [5.41, 5.74) is 1.09. The van der Waals surface area contributed by atoms with E-state index in [1.165, 1.54) is 12.8 Å². The molecule has 5 heteroatoms. The van der Waals surface area contributed by atoms with Gasteiger partial charge >= 0.3 is 12.0 Å². The molecule has 2 rings (SSSR count). The van der Waals surface area contributed by atoms with Crippen molar-refractivity contribution in [2.75, 3.05) is 5.32 Å². The van der Waals surface area contributed by atoms with Gasteiger partial charge in [-0.25, -0.2) is 9.59 Å². The maximum atomic E-state index is 11.9. The van der Waals surface area contributed by atoms with Crippen molar-refractivity contribution in [3.05, 3.63) is 29.3 Å². The van der Waals surface area contributed by atoms with Crippen molar-refractivity contribution in [1.29, 1.82) is 0 Å². The molecular weight excluding hydrogens is 256 g/mol. The number of urea groups is 1. The van der Waals surface area contributed by atoms with Crippen LogP contribution >= 0.6 is 0 Å². The van der Waals surface area contributed by atoms with Crippen LogP contribution in [0.25, 0.3) is 0 Å². The summed E-state index contributed by atoms with van der Waals surface area (Å²) in [6.45, 7) is 3.68. The molecule has 1 fully saturated rings. The van der Waals surface area contributed by atoms with Gasteiger partial charge in [0, 0.05) is 6.04 Å².